The zero-order valence-electron chi connectivity index (χ0n) is 13.8. The normalized spacial score (nSPS) is 19.5. The Morgan fingerprint density at radius 2 is 1.83 bits per heavy atom. The fourth-order valence-electron chi connectivity index (χ4n) is 3.48. The lowest BCUT2D eigenvalue weighted by molar-refractivity contribution is -0.117. The third kappa shape index (κ3) is 4.12. The van der Waals surface area contributed by atoms with Crippen LogP contribution in [0.4, 0.5) is 0 Å². The van der Waals surface area contributed by atoms with Crippen LogP contribution in [-0.2, 0) is 4.79 Å². The van der Waals surface area contributed by atoms with Crippen molar-refractivity contribution < 1.29 is 14.3 Å². The van der Waals surface area contributed by atoms with Crippen LogP contribution in [0, 0.1) is 5.92 Å². The molecule has 4 heteroatoms. The number of nitrogens with zero attached hydrogens (tertiary/aromatic N) is 1. The number of pyridine rings is 1. The predicted octanol–water partition coefficient (Wildman–Crippen LogP) is 4.18. The summed E-state index contributed by atoms with van der Waals surface area (Å²) >= 11 is 0. The van der Waals surface area contributed by atoms with Gasteiger partial charge in [0.2, 0.25) is 0 Å². The van der Waals surface area contributed by atoms with Gasteiger partial charge in [0.15, 0.2) is 17.3 Å². The molecule has 2 fully saturated rings. The summed E-state index contributed by atoms with van der Waals surface area (Å²) in [5.74, 6) is 1.80. The molecule has 2 saturated carbocycles. The molecule has 0 spiro atoms. The Bertz CT molecular complexity index is 570. The Morgan fingerprint density at radius 1 is 1.13 bits per heavy atom. The van der Waals surface area contributed by atoms with E-state index in [0.717, 1.165) is 37.1 Å². The van der Waals surface area contributed by atoms with Gasteiger partial charge in [0.05, 0.1) is 25.1 Å². The standard InChI is InChI=1S/C19H25NO3/c1-22-19-13-20-15(10-11-17(21)14-6-2-3-7-14)12-18(19)23-16-8-4-5-9-16/h10-14,16H,2-9H2,1H3/b11-10+. The molecule has 0 amide bonds. The van der Waals surface area contributed by atoms with Gasteiger partial charge in [-0.3, -0.25) is 9.78 Å². The Balaban J connectivity index is 1.70. The Labute approximate surface area is 137 Å². The van der Waals surface area contributed by atoms with E-state index in [1.165, 1.54) is 25.7 Å². The fraction of sp³-hybridized carbons (Fsp3) is 0.579. The van der Waals surface area contributed by atoms with Crippen LogP contribution < -0.4 is 9.47 Å². The highest BCUT2D eigenvalue weighted by Gasteiger charge is 2.21. The lowest BCUT2D eigenvalue weighted by Gasteiger charge is -2.15. The number of hydrogen-bond acceptors (Lipinski definition) is 4. The van der Waals surface area contributed by atoms with E-state index < -0.39 is 0 Å². The molecule has 124 valence electrons. The van der Waals surface area contributed by atoms with Crippen molar-refractivity contribution in [3.05, 3.63) is 24.0 Å². The number of ether oxygens (including phenoxy) is 2. The van der Waals surface area contributed by atoms with Crippen LogP contribution >= 0.6 is 0 Å². The SMILES string of the molecule is COc1cnc(/C=C/C(=O)C2CCCC2)cc1OC1CCCC1. The number of ketones is 1. The monoisotopic (exact) mass is 315 g/mol. The highest BCUT2D eigenvalue weighted by molar-refractivity contribution is 5.95. The highest BCUT2D eigenvalue weighted by atomic mass is 16.5. The fourth-order valence-corrected chi connectivity index (χ4v) is 3.48. The summed E-state index contributed by atoms with van der Waals surface area (Å²) in [5.41, 5.74) is 0.741. The van der Waals surface area contributed by atoms with Crippen molar-refractivity contribution in [2.24, 2.45) is 5.92 Å². The molecule has 0 aromatic carbocycles. The molecule has 0 saturated heterocycles. The van der Waals surface area contributed by atoms with E-state index in [1.807, 2.05) is 6.07 Å². The van der Waals surface area contributed by atoms with Crippen molar-refractivity contribution in [2.75, 3.05) is 7.11 Å². The van der Waals surface area contributed by atoms with Crippen LogP contribution in [0.25, 0.3) is 6.08 Å². The van der Waals surface area contributed by atoms with Crippen LogP contribution in [0.2, 0.25) is 0 Å². The van der Waals surface area contributed by atoms with Gasteiger partial charge in [-0.2, -0.15) is 0 Å². The maximum absolute atomic E-state index is 12.1. The molecule has 0 radical (unpaired) electrons. The topological polar surface area (TPSA) is 48.4 Å². The van der Waals surface area contributed by atoms with Gasteiger partial charge in [-0.05, 0) is 50.7 Å². The number of carbonyl (C=O) groups is 1. The third-order valence-electron chi connectivity index (χ3n) is 4.84. The molecule has 0 aliphatic heterocycles. The van der Waals surface area contributed by atoms with Gasteiger partial charge in [0.1, 0.15) is 0 Å². The molecule has 23 heavy (non-hydrogen) atoms. The van der Waals surface area contributed by atoms with Crippen LogP contribution in [-0.4, -0.2) is 24.0 Å². The molecule has 2 aliphatic rings. The molecule has 0 atom stereocenters. The van der Waals surface area contributed by atoms with Gasteiger partial charge < -0.3 is 9.47 Å². The van der Waals surface area contributed by atoms with Gasteiger partial charge in [-0.15, -0.1) is 0 Å². The second kappa shape index (κ2) is 7.62. The quantitative estimate of drug-likeness (QED) is 0.739. The number of allylic oxidation sites excluding steroid dienone is 1. The maximum atomic E-state index is 12.1. The molecule has 0 bridgehead atoms. The van der Waals surface area contributed by atoms with E-state index in [0.29, 0.717) is 5.75 Å². The minimum atomic E-state index is 0.207. The number of carbonyl (C=O) groups excluding carboxylic acids is 1. The molecule has 1 heterocycles. The number of rotatable bonds is 6. The van der Waals surface area contributed by atoms with Crippen molar-refractivity contribution >= 4 is 11.9 Å². The predicted molar refractivity (Wildman–Crippen MR) is 89.7 cm³/mol. The summed E-state index contributed by atoms with van der Waals surface area (Å²) < 4.78 is 11.4. The van der Waals surface area contributed by atoms with Crippen molar-refractivity contribution in [1.29, 1.82) is 0 Å². The Morgan fingerprint density at radius 3 is 2.52 bits per heavy atom. The zero-order chi connectivity index (χ0) is 16.1. The Kier molecular flexibility index (Phi) is 5.31. The van der Waals surface area contributed by atoms with Crippen LogP contribution in [0.1, 0.15) is 57.1 Å². The van der Waals surface area contributed by atoms with Crippen LogP contribution in [0.5, 0.6) is 11.5 Å². The maximum Gasteiger partial charge on any atom is 0.179 e. The summed E-state index contributed by atoms with van der Waals surface area (Å²) in [4.78, 5) is 16.5. The summed E-state index contributed by atoms with van der Waals surface area (Å²) in [6.45, 7) is 0. The van der Waals surface area contributed by atoms with E-state index >= 15 is 0 Å². The molecular formula is C19H25NO3. The van der Waals surface area contributed by atoms with Gasteiger partial charge >= 0.3 is 0 Å². The van der Waals surface area contributed by atoms with Crippen molar-refractivity contribution in [3.63, 3.8) is 0 Å². The smallest absolute Gasteiger partial charge is 0.179 e. The summed E-state index contributed by atoms with van der Waals surface area (Å²) in [7, 11) is 1.62. The molecule has 1 aromatic rings. The van der Waals surface area contributed by atoms with E-state index in [2.05, 4.69) is 4.98 Å². The molecular weight excluding hydrogens is 290 g/mol. The largest absolute Gasteiger partial charge is 0.491 e. The third-order valence-corrected chi connectivity index (χ3v) is 4.84. The lowest BCUT2D eigenvalue weighted by Crippen LogP contribution is -2.12. The summed E-state index contributed by atoms with van der Waals surface area (Å²) in [6, 6.07) is 1.87. The first-order valence-corrected chi connectivity index (χ1v) is 8.69. The van der Waals surface area contributed by atoms with Crippen molar-refractivity contribution in [2.45, 2.75) is 57.5 Å². The molecule has 0 N–H and O–H groups in total. The van der Waals surface area contributed by atoms with E-state index in [-0.39, 0.29) is 17.8 Å². The van der Waals surface area contributed by atoms with Gasteiger partial charge in [0, 0.05) is 12.0 Å². The first-order valence-electron chi connectivity index (χ1n) is 8.69. The first-order chi connectivity index (χ1) is 11.3. The average Bonchev–Trinajstić information content (AvgIpc) is 3.26. The average molecular weight is 315 g/mol. The molecule has 0 unspecified atom stereocenters. The number of methoxy groups -OCH3 is 1. The van der Waals surface area contributed by atoms with E-state index in [1.54, 1.807) is 25.5 Å². The second-order valence-electron chi connectivity index (χ2n) is 6.50. The Hall–Kier alpha value is -1.84. The van der Waals surface area contributed by atoms with Crippen molar-refractivity contribution in [3.8, 4) is 11.5 Å². The van der Waals surface area contributed by atoms with Gasteiger partial charge in [-0.1, -0.05) is 12.8 Å². The van der Waals surface area contributed by atoms with Gasteiger partial charge in [0.25, 0.3) is 0 Å². The summed E-state index contributed by atoms with van der Waals surface area (Å²) in [5, 5.41) is 0. The second-order valence-corrected chi connectivity index (χ2v) is 6.50. The minimum absolute atomic E-state index is 0.207. The molecule has 1 aromatic heterocycles. The number of hydrogen-bond donors (Lipinski definition) is 0. The van der Waals surface area contributed by atoms with Crippen LogP contribution in [0.3, 0.4) is 0 Å². The minimum Gasteiger partial charge on any atom is -0.491 e. The van der Waals surface area contributed by atoms with Crippen LogP contribution in [0.15, 0.2) is 18.3 Å². The van der Waals surface area contributed by atoms with E-state index in [4.69, 9.17) is 9.47 Å². The highest BCUT2D eigenvalue weighted by Crippen LogP contribution is 2.32. The molecule has 2 aliphatic carbocycles. The molecule has 3 rings (SSSR count). The van der Waals surface area contributed by atoms with Crippen molar-refractivity contribution in [1.82, 2.24) is 4.98 Å². The zero-order valence-corrected chi connectivity index (χ0v) is 13.8. The first kappa shape index (κ1) is 16.0. The number of aromatic nitrogens is 1. The molecule has 4 nitrogen and oxygen atoms in total. The lowest BCUT2D eigenvalue weighted by atomic mass is 10.0. The van der Waals surface area contributed by atoms with E-state index in [9.17, 15) is 4.79 Å². The van der Waals surface area contributed by atoms with Gasteiger partial charge in [-0.25, -0.2) is 0 Å². The summed E-state index contributed by atoms with van der Waals surface area (Å²) in [6.07, 6.45) is 14.4.